The Labute approximate surface area is 119 Å². The molecule has 1 aromatic carbocycles. The van der Waals surface area contributed by atoms with Gasteiger partial charge in [0.2, 0.25) is 15.9 Å². The average molecular weight is 300 g/mol. The number of aliphatic hydroxyl groups excluding tert-OH is 1. The zero-order chi connectivity index (χ0) is 15.2. The molecule has 1 aromatic rings. The van der Waals surface area contributed by atoms with Crippen LogP contribution in [0.1, 0.15) is 31.4 Å². The Morgan fingerprint density at radius 3 is 2.40 bits per heavy atom. The lowest BCUT2D eigenvalue weighted by atomic mass is 10.0. The molecule has 7 heteroatoms. The van der Waals surface area contributed by atoms with E-state index in [1.807, 2.05) is 6.92 Å². The molecule has 0 unspecified atom stereocenters. The van der Waals surface area contributed by atoms with E-state index in [9.17, 15) is 18.3 Å². The van der Waals surface area contributed by atoms with E-state index in [2.05, 4.69) is 10.0 Å². The summed E-state index contributed by atoms with van der Waals surface area (Å²) < 4.78 is 24.4. The summed E-state index contributed by atoms with van der Waals surface area (Å²) in [4.78, 5) is 11.3. The van der Waals surface area contributed by atoms with E-state index in [1.54, 1.807) is 24.3 Å². The molecule has 3 N–H and O–H groups in total. The molecule has 0 aliphatic carbocycles. The molecule has 0 fully saturated rings. The van der Waals surface area contributed by atoms with Crippen LogP contribution in [0, 0.1) is 0 Å². The SMILES string of the molecule is CCNC(=O)CC[C@H](O)c1ccc(NS(C)(=O)=O)cc1. The first kappa shape index (κ1) is 16.5. The number of hydrogen-bond acceptors (Lipinski definition) is 4. The first-order chi connectivity index (χ1) is 9.31. The van der Waals surface area contributed by atoms with Crippen LogP contribution in [0.3, 0.4) is 0 Å². The van der Waals surface area contributed by atoms with Crippen LogP contribution in [0.15, 0.2) is 24.3 Å². The number of hydrogen-bond donors (Lipinski definition) is 3. The summed E-state index contributed by atoms with van der Waals surface area (Å²) in [6.07, 6.45) is 0.899. The van der Waals surface area contributed by atoms with Gasteiger partial charge in [-0.3, -0.25) is 9.52 Å². The highest BCUT2D eigenvalue weighted by Gasteiger charge is 2.10. The fraction of sp³-hybridized carbons (Fsp3) is 0.462. The average Bonchev–Trinajstić information content (AvgIpc) is 2.35. The first-order valence-electron chi connectivity index (χ1n) is 6.34. The molecular formula is C13H20N2O4S. The van der Waals surface area contributed by atoms with Crippen LogP contribution >= 0.6 is 0 Å². The molecule has 0 aromatic heterocycles. The zero-order valence-electron chi connectivity index (χ0n) is 11.6. The Bertz CT molecular complexity index is 540. The minimum absolute atomic E-state index is 0.0955. The van der Waals surface area contributed by atoms with Crippen LogP contribution in [-0.2, 0) is 14.8 Å². The third-order valence-corrected chi connectivity index (χ3v) is 3.22. The molecule has 0 aliphatic heterocycles. The summed E-state index contributed by atoms with van der Waals surface area (Å²) in [5.74, 6) is -0.0955. The summed E-state index contributed by atoms with van der Waals surface area (Å²) in [5.41, 5.74) is 1.08. The Morgan fingerprint density at radius 1 is 1.30 bits per heavy atom. The summed E-state index contributed by atoms with van der Waals surface area (Å²) in [6, 6.07) is 6.42. The van der Waals surface area contributed by atoms with Crippen molar-refractivity contribution >= 4 is 21.6 Å². The van der Waals surface area contributed by atoms with Gasteiger partial charge in [0.1, 0.15) is 0 Å². The normalized spacial score (nSPS) is 12.8. The number of rotatable bonds is 7. The van der Waals surface area contributed by atoms with Crippen LogP contribution in [-0.4, -0.2) is 32.2 Å². The van der Waals surface area contributed by atoms with Crippen molar-refractivity contribution in [3.05, 3.63) is 29.8 Å². The highest BCUT2D eigenvalue weighted by atomic mass is 32.2. The second-order valence-electron chi connectivity index (χ2n) is 4.50. The number of benzene rings is 1. The summed E-state index contributed by atoms with van der Waals surface area (Å²) in [5, 5.41) is 12.6. The van der Waals surface area contributed by atoms with E-state index in [0.717, 1.165) is 6.26 Å². The van der Waals surface area contributed by atoms with Crippen LogP contribution in [0.4, 0.5) is 5.69 Å². The number of nitrogens with one attached hydrogen (secondary N) is 2. The molecule has 6 nitrogen and oxygen atoms in total. The molecule has 20 heavy (non-hydrogen) atoms. The molecule has 1 atom stereocenters. The second-order valence-corrected chi connectivity index (χ2v) is 6.25. The van der Waals surface area contributed by atoms with Crippen molar-refractivity contribution in [2.45, 2.75) is 25.9 Å². The molecule has 0 saturated heterocycles. The Balaban J connectivity index is 2.57. The minimum Gasteiger partial charge on any atom is -0.388 e. The summed E-state index contributed by atoms with van der Waals surface area (Å²) in [7, 11) is -3.30. The third-order valence-electron chi connectivity index (χ3n) is 2.62. The largest absolute Gasteiger partial charge is 0.388 e. The maximum atomic E-state index is 11.3. The fourth-order valence-electron chi connectivity index (χ4n) is 1.71. The van der Waals surface area contributed by atoms with Gasteiger partial charge in [-0.05, 0) is 31.0 Å². The molecule has 0 spiro atoms. The van der Waals surface area contributed by atoms with Gasteiger partial charge in [-0.2, -0.15) is 0 Å². The number of aliphatic hydroxyl groups is 1. The Kier molecular flexibility index (Phi) is 5.97. The monoisotopic (exact) mass is 300 g/mol. The van der Waals surface area contributed by atoms with Crippen LogP contribution in [0.25, 0.3) is 0 Å². The van der Waals surface area contributed by atoms with E-state index in [4.69, 9.17) is 0 Å². The number of anilines is 1. The molecule has 0 bridgehead atoms. The first-order valence-corrected chi connectivity index (χ1v) is 8.23. The number of amides is 1. The van der Waals surface area contributed by atoms with Crippen molar-refractivity contribution in [3.8, 4) is 0 Å². The molecule has 0 aliphatic rings. The van der Waals surface area contributed by atoms with Gasteiger partial charge in [-0.25, -0.2) is 8.42 Å². The molecule has 1 amide bonds. The lowest BCUT2D eigenvalue weighted by molar-refractivity contribution is -0.121. The van der Waals surface area contributed by atoms with E-state index in [0.29, 0.717) is 24.2 Å². The van der Waals surface area contributed by atoms with E-state index in [-0.39, 0.29) is 12.3 Å². The number of sulfonamides is 1. The molecular weight excluding hydrogens is 280 g/mol. The fourth-order valence-corrected chi connectivity index (χ4v) is 2.27. The zero-order valence-corrected chi connectivity index (χ0v) is 12.4. The Morgan fingerprint density at radius 2 is 1.90 bits per heavy atom. The number of carbonyl (C=O) groups excluding carboxylic acids is 1. The van der Waals surface area contributed by atoms with Crippen molar-refractivity contribution in [1.82, 2.24) is 5.32 Å². The highest BCUT2D eigenvalue weighted by molar-refractivity contribution is 7.92. The summed E-state index contributed by atoms with van der Waals surface area (Å²) in [6.45, 7) is 2.41. The topological polar surface area (TPSA) is 95.5 Å². The third kappa shape index (κ3) is 6.03. The molecule has 1 rings (SSSR count). The lowest BCUT2D eigenvalue weighted by Gasteiger charge is -2.12. The van der Waals surface area contributed by atoms with Gasteiger partial charge in [0.25, 0.3) is 0 Å². The predicted octanol–water partition coefficient (Wildman–Crippen LogP) is 1.01. The van der Waals surface area contributed by atoms with Gasteiger partial charge in [-0.1, -0.05) is 12.1 Å². The van der Waals surface area contributed by atoms with Crippen molar-refractivity contribution in [2.75, 3.05) is 17.5 Å². The molecule has 112 valence electrons. The van der Waals surface area contributed by atoms with Gasteiger partial charge in [0.15, 0.2) is 0 Å². The number of carbonyl (C=O) groups is 1. The lowest BCUT2D eigenvalue weighted by Crippen LogP contribution is -2.22. The van der Waals surface area contributed by atoms with Crippen LogP contribution < -0.4 is 10.0 Å². The smallest absolute Gasteiger partial charge is 0.229 e. The second kappa shape index (κ2) is 7.25. The maximum Gasteiger partial charge on any atom is 0.229 e. The van der Waals surface area contributed by atoms with Gasteiger partial charge in [-0.15, -0.1) is 0 Å². The van der Waals surface area contributed by atoms with Gasteiger partial charge in [0.05, 0.1) is 12.4 Å². The van der Waals surface area contributed by atoms with Gasteiger partial charge >= 0.3 is 0 Å². The molecule has 0 radical (unpaired) electrons. The van der Waals surface area contributed by atoms with Gasteiger partial charge < -0.3 is 10.4 Å². The highest BCUT2D eigenvalue weighted by Crippen LogP contribution is 2.20. The van der Waals surface area contributed by atoms with Crippen molar-refractivity contribution in [3.63, 3.8) is 0 Å². The van der Waals surface area contributed by atoms with Crippen molar-refractivity contribution in [1.29, 1.82) is 0 Å². The standard InChI is InChI=1S/C13H20N2O4S/c1-3-14-13(17)9-8-12(16)10-4-6-11(7-5-10)15-20(2,18)19/h4-7,12,15-16H,3,8-9H2,1-2H3,(H,14,17)/t12-/m0/s1. The molecule has 0 heterocycles. The quantitative estimate of drug-likeness (QED) is 0.700. The maximum absolute atomic E-state index is 11.3. The Hall–Kier alpha value is -1.60. The van der Waals surface area contributed by atoms with Crippen LogP contribution in [0.2, 0.25) is 0 Å². The van der Waals surface area contributed by atoms with Crippen LogP contribution in [0.5, 0.6) is 0 Å². The van der Waals surface area contributed by atoms with Gasteiger partial charge in [0, 0.05) is 18.7 Å². The predicted molar refractivity (Wildman–Crippen MR) is 77.8 cm³/mol. The van der Waals surface area contributed by atoms with E-state index in [1.165, 1.54) is 0 Å². The van der Waals surface area contributed by atoms with E-state index < -0.39 is 16.1 Å². The molecule has 0 saturated carbocycles. The van der Waals surface area contributed by atoms with Crippen molar-refractivity contribution in [2.24, 2.45) is 0 Å². The summed E-state index contributed by atoms with van der Waals surface area (Å²) >= 11 is 0. The van der Waals surface area contributed by atoms with E-state index >= 15 is 0 Å². The minimum atomic E-state index is -3.30. The van der Waals surface area contributed by atoms with Crippen molar-refractivity contribution < 1.29 is 18.3 Å².